The first-order valence-electron chi connectivity index (χ1n) is 17.1. The van der Waals surface area contributed by atoms with Crippen molar-refractivity contribution >= 4 is 60.9 Å². The monoisotopic (exact) mass is 654 g/mol. The van der Waals surface area contributed by atoms with Crippen molar-refractivity contribution in [3.05, 3.63) is 182 Å². The Balaban J connectivity index is 0.986. The summed E-state index contributed by atoms with van der Waals surface area (Å²) in [5.41, 5.74) is 11.9. The summed E-state index contributed by atoms with van der Waals surface area (Å²) in [6.07, 6.45) is 0. The molecule has 10 rings (SSSR count). The Morgan fingerprint density at radius 1 is 0.373 bits per heavy atom. The van der Waals surface area contributed by atoms with Gasteiger partial charge in [-0.05, 0) is 100 Å². The van der Waals surface area contributed by atoms with Gasteiger partial charge in [0.1, 0.15) is 16.7 Å². The van der Waals surface area contributed by atoms with E-state index in [1.807, 2.05) is 36.4 Å². The molecule has 2 aromatic heterocycles. The van der Waals surface area contributed by atoms with E-state index < -0.39 is 0 Å². The van der Waals surface area contributed by atoms with Crippen LogP contribution in [-0.2, 0) is 0 Å². The highest BCUT2D eigenvalue weighted by Gasteiger charge is 2.17. The van der Waals surface area contributed by atoms with E-state index in [4.69, 9.17) is 13.8 Å². The Morgan fingerprint density at radius 2 is 1.00 bits per heavy atom. The normalized spacial score (nSPS) is 11.5. The summed E-state index contributed by atoms with van der Waals surface area (Å²) >= 11 is 0. The van der Waals surface area contributed by atoms with Crippen LogP contribution >= 0.6 is 0 Å². The number of hydrogen-bond donors (Lipinski definition) is 0. The zero-order valence-corrected chi connectivity index (χ0v) is 27.5. The smallest absolute Gasteiger partial charge is 0.227 e. The van der Waals surface area contributed by atoms with E-state index in [0.717, 1.165) is 66.8 Å². The van der Waals surface area contributed by atoms with Crippen LogP contribution < -0.4 is 4.90 Å². The largest absolute Gasteiger partial charge is 0.456 e. The van der Waals surface area contributed by atoms with Gasteiger partial charge in [0.25, 0.3) is 0 Å². The zero-order valence-electron chi connectivity index (χ0n) is 27.5. The van der Waals surface area contributed by atoms with Crippen molar-refractivity contribution in [3.8, 4) is 33.7 Å². The van der Waals surface area contributed by atoms with Crippen LogP contribution in [0.15, 0.2) is 191 Å². The SMILES string of the molecule is c1ccc(N(c2ccc(-c3ccc4ccccc4c3)cc2)c2ccc(-c3cccc4oc(-c5ccc6c(c5)oc5ccccc56)nc34)cc2)cc1. The molecule has 240 valence electrons. The van der Waals surface area contributed by atoms with E-state index in [0.29, 0.717) is 5.89 Å². The fourth-order valence-corrected chi connectivity index (χ4v) is 7.15. The number of rotatable bonds is 6. The van der Waals surface area contributed by atoms with Crippen molar-refractivity contribution in [1.82, 2.24) is 4.98 Å². The van der Waals surface area contributed by atoms with Crippen molar-refractivity contribution in [2.75, 3.05) is 4.90 Å². The number of para-hydroxylation sites is 3. The number of fused-ring (bicyclic) bond motifs is 5. The lowest BCUT2D eigenvalue weighted by Crippen LogP contribution is -2.09. The van der Waals surface area contributed by atoms with E-state index in [-0.39, 0.29) is 0 Å². The van der Waals surface area contributed by atoms with Crippen molar-refractivity contribution in [1.29, 1.82) is 0 Å². The summed E-state index contributed by atoms with van der Waals surface area (Å²) in [6.45, 7) is 0. The lowest BCUT2D eigenvalue weighted by molar-refractivity contribution is 0.619. The first kappa shape index (κ1) is 29.0. The van der Waals surface area contributed by atoms with Gasteiger partial charge < -0.3 is 13.7 Å². The van der Waals surface area contributed by atoms with Crippen LogP contribution in [0.25, 0.3) is 77.5 Å². The minimum atomic E-state index is 0.568. The van der Waals surface area contributed by atoms with Crippen molar-refractivity contribution in [2.45, 2.75) is 0 Å². The quantitative estimate of drug-likeness (QED) is 0.179. The molecule has 0 spiro atoms. The fourth-order valence-electron chi connectivity index (χ4n) is 7.15. The van der Waals surface area contributed by atoms with Crippen molar-refractivity contribution in [2.24, 2.45) is 0 Å². The molecular formula is C47H30N2O2. The predicted octanol–water partition coefficient (Wildman–Crippen LogP) is 13.4. The van der Waals surface area contributed by atoms with E-state index >= 15 is 0 Å². The fraction of sp³-hybridized carbons (Fsp3) is 0. The maximum Gasteiger partial charge on any atom is 0.227 e. The minimum absolute atomic E-state index is 0.568. The molecule has 0 N–H and O–H groups in total. The Kier molecular flexibility index (Phi) is 6.78. The highest BCUT2D eigenvalue weighted by atomic mass is 16.3. The molecule has 2 heterocycles. The first-order chi connectivity index (χ1) is 25.2. The molecule has 0 unspecified atom stereocenters. The van der Waals surface area contributed by atoms with Gasteiger partial charge >= 0.3 is 0 Å². The molecule has 0 amide bonds. The molecule has 4 heteroatoms. The minimum Gasteiger partial charge on any atom is -0.456 e. The van der Waals surface area contributed by atoms with Gasteiger partial charge in [0.05, 0.1) is 0 Å². The van der Waals surface area contributed by atoms with Gasteiger partial charge in [-0.15, -0.1) is 0 Å². The molecule has 0 atom stereocenters. The third kappa shape index (κ3) is 5.13. The van der Waals surface area contributed by atoms with Gasteiger partial charge in [-0.1, -0.05) is 109 Å². The molecule has 0 aliphatic heterocycles. The summed E-state index contributed by atoms with van der Waals surface area (Å²) in [5, 5.41) is 4.67. The van der Waals surface area contributed by atoms with Crippen molar-refractivity contribution in [3.63, 3.8) is 0 Å². The summed E-state index contributed by atoms with van der Waals surface area (Å²) in [6, 6.07) is 63.5. The predicted molar refractivity (Wildman–Crippen MR) is 210 cm³/mol. The highest BCUT2D eigenvalue weighted by molar-refractivity contribution is 6.06. The van der Waals surface area contributed by atoms with Crippen LogP contribution in [0, 0.1) is 0 Å². The molecule has 0 aliphatic carbocycles. The molecule has 0 fully saturated rings. The second-order valence-electron chi connectivity index (χ2n) is 12.8. The molecule has 0 saturated heterocycles. The molecule has 51 heavy (non-hydrogen) atoms. The molecule has 10 aromatic rings. The second kappa shape index (κ2) is 11.9. The third-order valence-corrected chi connectivity index (χ3v) is 9.70. The second-order valence-corrected chi connectivity index (χ2v) is 12.8. The maximum absolute atomic E-state index is 6.32. The van der Waals surface area contributed by atoms with Gasteiger partial charge in [0.15, 0.2) is 5.58 Å². The first-order valence-corrected chi connectivity index (χ1v) is 17.1. The topological polar surface area (TPSA) is 42.4 Å². The summed E-state index contributed by atoms with van der Waals surface area (Å²) in [5.74, 6) is 0.568. The molecule has 0 bridgehead atoms. The lowest BCUT2D eigenvalue weighted by atomic mass is 10.0. The van der Waals surface area contributed by atoms with Gasteiger partial charge in [-0.25, -0.2) is 4.98 Å². The van der Waals surface area contributed by atoms with Crippen LogP contribution in [0.5, 0.6) is 0 Å². The number of hydrogen-bond acceptors (Lipinski definition) is 4. The van der Waals surface area contributed by atoms with Gasteiger partial charge in [-0.3, -0.25) is 0 Å². The Hall–Kier alpha value is -6.91. The Labute approximate surface area is 294 Å². The Bertz CT molecular complexity index is 2850. The van der Waals surface area contributed by atoms with Crippen LogP contribution in [-0.4, -0.2) is 4.98 Å². The molecule has 0 aliphatic rings. The van der Waals surface area contributed by atoms with Gasteiger partial charge in [-0.2, -0.15) is 0 Å². The number of furan rings is 1. The molecular weight excluding hydrogens is 625 g/mol. The van der Waals surface area contributed by atoms with Crippen LogP contribution in [0.4, 0.5) is 17.1 Å². The molecule has 0 radical (unpaired) electrons. The maximum atomic E-state index is 6.32. The van der Waals surface area contributed by atoms with E-state index in [9.17, 15) is 0 Å². The van der Waals surface area contributed by atoms with E-state index in [1.165, 1.54) is 21.9 Å². The van der Waals surface area contributed by atoms with E-state index in [2.05, 4.69) is 150 Å². The number of anilines is 3. The van der Waals surface area contributed by atoms with Crippen LogP contribution in [0.2, 0.25) is 0 Å². The summed E-state index contributed by atoms with van der Waals surface area (Å²) in [7, 11) is 0. The third-order valence-electron chi connectivity index (χ3n) is 9.70. The van der Waals surface area contributed by atoms with Gasteiger partial charge in [0, 0.05) is 39.0 Å². The molecule has 4 nitrogen and oxygen atoms in total. The van der Waals surface area contributed by atoms with E-state index in [1.54, 1.807) is 0 Å². The average Bonchev–Trinajstić information content (AvgIpc) is 3.81. The summed E-state index contributed by atoms with van der Waals surface area (Å²) < 4.78 is 12.5. The van der Waals surface area contributed by atoms with Crippen LogP contribution in [0.1, 0.15) is 0 Å². The van der Waals surface area contributed by atoms with Crippen molar-refractivity contribution < 1.29 is 8.83 Å². The average molecular weight is 655 g/mol. The molecule has 0 saturated carbocycles. The zero-order chi connectivity index (χ0) is 33.7. The number of oxazole rings is 1. The molecule has 8 aromatic carbocycles. The number of nitrogens with zero attached hydrogens (tertiary/aromatic N) is 2. The summed E-state index contributed by atoms with van der Waals surface area (Å²) in [4.78, 5) is 7.29. The number of benzene rings is 8. The standard InChI is InChI=1S/C47H30N2O2/c1-2-11-37(12-3-1)49(38-24-19-32(20-25-38)35-18-17-31-9-4-5-10-34(31)29-35)39-26-21-33(22-27-39)40-14-8-16-44-46(40)48-47(51-44)36-23-28-42-41-13-6-7-15-43(41)50-45(42)30-36/h1-30H. The lowest BCUT2D eigenvalue weighted by Gasteiger charge is -2.26. The Morgan fingerprint density at radius 3 is 1.82 bits per heavy atom. The van der Waals surface area contributed by atoms with Gasteiger partial charge in [0.2, 0.25) is 5.89 Å². The number of aromatic nitrogens is 1. The highest BCUT2D eigenvalue weighted by Crippen LogP contribution is 2.39. The van der Waals surface area contributed by atoms with Crippen LogP contribution in [0.3, 0.4) is 0 Å².